The summed E-state index contributed by atoms with van der Waals surface area (Å²) in [6, 6.07) is 13.8. The van der Waals surface area contributed by atoms with E-state index in [1.165, 1.54) is 23.0 Å². The summed E-state index contributed by atoms with van der Waals surface area (Å²) >= 11 is 0. The summed E-state index contributed by atoms with van der Waals surface area (Å²) in [6.45, 7) is 5.96. The van der Waals surface area contributed by atoms with Crippen molar-refractivity contribution in [2.45, 2.75) is 39.4 Å². The molecule has 1 amide bonds. The van der Waals surface area contributed by atoms with Crippen LogP contribution in [0.1, 0.15) is 26.3 Å². The number of nitrogens with zero attached hydrogens (tertiary/aromatic N) is 3. The zero-order valence-electron chi connectivity index (χ0n) is 17.1. The normalized spacial score (nSPS) is 11.9. The average molecular weight is 406 g/mol. The molecule has 2 aromatic heterocycles. The minimum Gasteiger partial charge on any atom is -0.350 e. The van der Waals surface area contributed by atoms with Crippen LogP contribution in [0.2, 0.25) is 0 Å². The summed E-state index contributed by atoms with van der Waals surface area (Å²) in [4.78, 5) is 30.4. The van der Waals surface area contributed by atoms with Crippen molar-refractivity contribution in [3.05, 3.63) is 76.6 Å². The largest absolute Gasteiger partial charge is 0.350 e. The number of amides is 1. The van der Waals surface area contributed by atoms with E-state index < -0.39 is 11.4 Å². The van der Waals surface area contributed by atoms with Crippen LogP contribution in [0.3, 0.4) is 0 Å². The van der Waals surface area contributed by atoms with Crippen molar-refractivity contribution in [3.63, 3.8) is 0 Å². The smallest absolute Gasteiger partial charge is 0.278 e. The van der Waals surface area contributed by atoms with Crippen molar-refractivity contribution in [2.24, 2.45) is 0 Å². The first-order chi connectivity index (χ1) is 14.2. The number of rotatable bonds is 4. The van der Waals surface area contributed by atoms with E-state index in [1.807, 2.05) is 51.1 Å². The minimum absolute atomic E-state index is 0.0603. The second-order valence-electron chi connectivity index (χ2n) is 8.41. The van der Waals surface area contributed by atoms with Gasteiger partial charge in [0.15, 0.2) is 0 Å². The molecule has 1 N–H and O–H groups in total. The highest BCUT2D eigenvalue weighted by Crippen LogP contribution is 2.26. The Labute approximate surface area is 173 Å². The number of hydrogen-bond acceptors (Lipinski definition) is 3. The van der Waals surface area contributed by atoms with Gasteiger partial charge in [-0.1, -0.05) is 30.3 Å². The fourth-order valence-electron chi connectivity index (χ4n) is 3.63. The molecule has 2 heterocycles. The van der Waals surface area contributed by atoms with Crippen LogP contribution in [0, 0.1) is 5.82 Å². The molecule has 30 heavy (non-hydrogen) atoms. The minimum atomic E-state index is -0.420. The van der Waals surface area contributed by atoms with Crippen molar-refractivity contribution >= 4 is 27.8 Å². The van der Waals surface area contributed by atoms with Crippen LogP contribution in [-0.2, 0) is 17.9 Å². The molecule has 0 spiro atoms. The molecule has 4 aromatic rings. The molecular formula is C23H23FN4O2. The summed E-state index contributed by atoms with van der Waals surface area (Å²) < 4.78 is 17.1. The lowest BCUT2D eigenvalue weighted by molar-refractivity contribution is -0.122. The maximum Gasteiger partial charge on any atom is 0.278 e. The van der Waals surface area contributed by atoms with Gasteiger partial charge >= 0.3 is 0 Å². The van der Waals surface area contributed by atoms with E-state index in [0.717, 1.165) is 5.56 Å². The molecule has 0 radical (unpaired) electrons. The summed E-state index contributed by atoms with van der Waals surface area (Å²) in [5.74, 6) is -0.653. The highest BCUT2D eigenvalue weighted by molar-refractivity contribution is 6.06. The third-order valence-electron chi connectivity index (χ3n) is 4.80. The van der Waals surface area contributed by atoms with E-state index in [4.69, 9.17) is 0 Å². The Bertz CT molecular complexity index is 1300. The number of carbonyl (C=O) groups excluding carboxylic acids is 1. The summed E-state index contributed by atoms with van der Waals surface area (Å²) in [5, 5.41) is 3.42. The van der Waals surface area contributed by atoms with Gasteiger partial charge in [0.1, 0.15) is 23.4 Å². The monoisotopic (exact) mass is 406 g/mol. The second-order valence-corrected chi connectivity index (χ2v) is 8.41. The lowest BCUT2D eigenvalue weighted by Gasteiger charge is -2.21. The number of hydrogen-bond donors (Lipinski definition) is 1. The van der Waals surface area contributed by atoms with Gasteiger partial charge in [0.2, 0.25) is 5.91 Å². The summed E-state index contributed by atoms with van der Waals surface area (Å²) in [5.41, 5.74) is 1.55. The van der Waals surface area contributed by atoms with Crippen LogP contribution in [-0.4, -0.2) is 25.6 Å². The van der Waals surface area contributed by atoms with Crippen molar-refractivity contribution in [1.82, 2.24) is 19.4 Å². The molecule has 2 aromatic carbocycles. The van der Waals surface area contributed by atoms with Gasteiger partial charge < -0.3 is 9.88 Å². The topological polar surface area (TPSA) is 68.9 Å². The van der Waals surface area contributed by atoms with E-state index in [0.29, 0.717) is 23.0 Å². The maximum absolute atomic E-state index is 13.9. The average Bonchev–Trinajstić information content (AvgIpc) is 2.97. The molecule has 0 unspecified atom stereocenters. The van der Waals surface area contributed by atoms with E-state index in [9.17, 15) is 14.0 Å². The molecule has 0 aliphatic carbocycles. The van der Waals surface area contributed by atoms with E-state index in [-0.39, 0.29) is 23.5 Å². The van der Waals surface area contributed by atoms with E-state index in [1.54, 1.807) is 10.6 Å². The fraction of sp³-hybridized carbons (Fsp3) is 0.261. The van der Waals surface area contributed by atoms with Crippen LogP contribution in [0.15, 0.2) is 59.7 Å². The number of halogens is 1. The lowest BCUT2D eigenvalue weighted by atomic mass is 10.1. The molecule has 0 aliphatic rings. The number of fused-ring (bicyclic) bond motifs is 3. The number of benzene rings is 2. The SMILES string of the molecule is CC(C)(C)NC(=O)Cn1c2ccc(F)cc2c2ncn(Cc3ccccc3)c(=O)c21. The Balaban J connectivity index is 1.89. The van der Waals surface area contributed by atoms with Gasteiger partial charge in [-0.15, -0.1) is 0 Å². The van der Waals surface area contributed by atoms with Crippen molar-refractivity contribution in [3.8, 4) is 0 Å². The van der Waals surface area contributed by atoms with Crippen LogP contribution >= 0.6 is 0 Å². The molecule has 7 heteroatoms. The van der Waals surface area contributed by atoms with Gasteiger partial charge in [-0.3, -0.25) is 14.2 Å². The van der Waals surface area contributed by atoms with E-state index in [2.05, 4.69) is 10.3 Å². The van der Waals surface area contributed by atoms with Crippen molar-refractivity contribution < 1.29 is 9.18 Å². The van der Waals surface area contributed by atoms with Gasteiger partial charge in [0, 0.05) is 10.9 Å². The molecule has 0 aliphatic heterocycles. The number of nitrogens with one attached hydrogen (secondary N) is 1. The number of aromatic nitrogens is 3. The van der Waals surface area contributed by atoms with Gasteiger partial charge in [0.05, 0.1) is 18.4 Å². The first-order valence-corrected chi connectivity index (χ1v) is 9.75. The predicted molar refractivity (Wildman–Crippen MR) is 115 cm³/mol. The standard InChI is InChI=1S/C23H23FN4O2/c1-23(2,3)26-19(29)13-28-18-10-9-16(24)11-17(18)20-21(28)22(30)27(14-25-20)12-15-7-5-4-6-8-15/h4-11,14H,12-13H2,1-3H3,(H,26,29). The Hall–Kier alpha value is -3.48. The Morgan fingerprint density at radius 3 is 2.57 bits per heavy atom. The Morgan fingerprint density at radius 1 is 1.13 bits per heavy atom. The zero-order chi connectivity index (χ0) is 21.5. The quantitative estimate of drug-likeness (QED) is 0.564. The molecule has 4 rings (SSSR count). The fourth-order valence-corrected chi connectivity index (χ4v) is 3.63. The summed E-state index contributed by atoms with van der Waals surface area (Å²) in [6.07, 6.45) is 1.47. The van der Waals surface area contributed by atoms with Crippen molar-refractivity contribution in [1.29, 1.82) is 0 Å². The lowest BCUT2D eigenvalue weighted by Crippen LogP contribution is -2.42. The van der Waals surface area contributed by atoms with E-state index >= 15 is 0 Å². The Kier molecular flexibility index (Phi) is 4.89. The predicted octanol–water partition coefficient (Wildman–Crippen LogP) is 3.45. The molecule has 0 fully saturated rings. The molecule has 0 saturated heterocycles. The van der Waals surface area contributed by atoms with Crippen LogP contribution < -0.4 is 10.9 Å². The van der Waals surface area contributed by atoms with Gasteiger partial charge in [-0.2, -0.15) is 0 Å². The first kappa shape index (κ1) is 19.8. The molecular weight excluding hydrogens is 383 g/mol. The molecule has 0 atom stereocenters. The number of carbonyl (C=O) groups is 1. The van der Waals surface area contributed by atoms with Crippen LogP contribution in [0.4, 0.5) is 4.39 Å². The summed E-state index contributed by atoms with van der Waals surface area (Å²) in [7, 11) is 0. The molecule has 0 bridgehead atoms. The first-order valence-electron chi connectivity index (χ1n) is 9.75. The maximum atomic E-state index is 13.9. The Morgan fingerprint density at radius 2 is 1.87 bits per heavy atom. The van der Waals surface area contributed by atoms with Gasteiger partial charge in [0.25, 0.3) is 5.56 Å². The van der Waals surface area contributed by atoms with Crippen LogP contribution in [0.25, 0.3) is 21.9 Å². The zero-order valence-corrected chi connectivity index (χ0v) is 17.1. The van der Waals surface area contributed by atoms with Crippen molar-refractivity contribution in [2.75, 3.05) is 0 Å². The highest BCUT2D eigenvalue weighted by Gasteiger charge is 2.21. The molecule has 0 saturated carbocycles. The van der Waals surface area contributed by atoms with Gasteiger partial charge in [-0.05, 0) is 44.5 Å². The van der Waals surface area contributed by atoms with Crippen LogP contribution in [0.5, 0.6) is 0 Å². The van der Waals surface area contributed by atoms with Gasteiger partial charge in [-0.25, -0.2) is 9.37 Å². The third kappa shape index (κ3) is 3.83. The third-order valence-corrected chi connectivity index (χ3v) is 4.80. The molecule has 6 nitrogen and oxygen atoms in total. The second kappa shape index (κ2) is 7.40. The highest BCUT2D eigenvalue weighted by atomic mass is 19.1. The molecule has 154 valence electrons.